The van der Waals surface area contributed by atoms with Crippen molar-refractivity contribution in [2.24, 2.45) is 11.1 Å². The summed E-state index contributed by atoms with van der Waals surface area (Å²) >= 11 is 0. The van der Waals surface area contributed by atoms with Crippen LogP contribution in [0, 0.1) is 5.41 Å². The molecule has 1 aromatic carbocycles. The van der Waals surface area contributed by atoms with Gasteiger partial charge in [0.15, 0.2) is 0 Å². The first kappa shape index (κ1) is 14.6. The van der Waals surface area contributed by atoms with Crippen molar-refractivity contribution >= 4 is 5.91 Å². The first-order valence-corrected chi connectivity index (χ1v) is 8.32. The van der Waals surface area contributed by atoms with E-state index in [0.717, 1.165) is 6.54 Å². The second kappa shape index (κ2) is 6.18. The van der Waals surface area contributed by atoms with E-state index in [1.807, 2.05) is 24.3 Å². The van der Waals surface area contributed by atoms with E-state index >= 15 is 0 Å². The highest BCUT2D eigenvalue weighted by atomic mass is 16.1. The van der Waals surface area contributed by atoms with Crippen molar-refractivity contribution in [2.45, 2.75) is 64.0 Å². The molecule has 3 heteroatoms. The molecule has 0 heterocycles. The number of hydrogen-bond donors (Lipinski definition) is 2. The van der Waals surface area contributed by atoms with Gasteiger partial charge in [0.2, 0.25) is 5.91 Å². The Hall–Kier alpha value is -1.35. The average molecular weight is 286 g/mol. The fraction of sp³-hybridized carbons (Fsp3) is 0.611. The smallest absolute Gasteiger partial charge is 0.248 e. The molecule has 1 unspecified atom stereocenters. The molecule has 0 radical (unpaired) electrons. The van der Waals surface area contributed by atoms with Crippen LogP contribution in [0.2, 0.25) is 0 Å². The van der Waals surface area contributed by atoms with E-state index in [9.17, 15) is 4.79 Å². The molecular formula is C18H26N2O. The van der Waals surface area contributed by atoms with Crippen molar-refractivity contribution in [3.05, 3.63) is 35.4 Å². The minimum absolute atomic E-state index is 0.355. The van der Waals surface area contributed by atoms with Gasteiger partial charge in [0.1, 0.15) is 0 Å². The molecule has 1 aromatic rings. The molecule has 0 saturated heterocycles. The quantitative estimate of drug-likeness (QED) is 0.891. The van der Waals surface area contributed by atoms with Crippen LogP contribution in [0.1, 0.15) is 67.3 Å². The van der Waals surface area contributed by atoms with E-state index in [-0.39, 0.29) is 5.91 Å². The molecule has 1 amide bonds. The van der Waals surface area contributed by atoms with Gasteiger partial charge >= 0.3 is 0 Å². The van der Waals surface area contributed by atoms with E-state index in [0.29, 0.717) is 17.0 Å². The van der Waals surface area contributed by atoms with Gasteiger partial charge in [-0.25, -0.2) is 0 Å². The molecule has 1 atom stereocenters. The summed E-state index contributed by atoms with van der Waals surface area (Å²) in [5.74, 6) is -0.355. The monoisotopic (exact) mass is 286 g/mol. The highest BCUT2D eigenvalue weighted by molar-refractivity contribution is 5.92. The molecule has 3 nitrogen and oxygen atoms in total. The highest BCUT2D eigenvalue weighted by Crippen LogP contribution is 2.49. The molecule has 0 bridgehead atoms. The number of carbonyl (C=O) groups excluding carboxylic acids is 1. The number of nitrogens with two attached hydrogens (primary N) is 1. The zero-order chi connectivity index (χ0) is 14.7. The molecule has 21 heavy (non-hydrogen) atoms. The van der Waals surface area contributed by atoms with Gasteiger partial charge in [0.05, 0.1) is 0 Å². The predicted octanol–water partition coefficient (Wildman–Crippen LogP) is 3.38. The molecule has 0 aromatic heterocycles. The second-order valence-electron chi connectivity index (χ2n) is 6.81. The van der Waals surface area contributed by atoms with Gasteiger partial charge in [-0.2, -0.15) is 0 Å². The minimum atomic E-state index is -0.355. The maximum absolute atomic E-state index is 11.1. The maximum Gasteiger partial charge on any atom is 0.248 e. The topological polar surface area (TPSA) is 55.1 Å². The normalized spacial score (nSPS) is 24.3. The summed E-state index contributed by atoms with van der Waals surface area (Å²) in [7, 11) is 0. The van der Waals surface area contributed by atoms with Crippen LogP contribution in [0.15, 0.2) is 24.3 Å². The number of carbonyl (C=O) groups is 1. The predicted molar refractivity (Wildman–Crippen MR) is 85.0 cm³/mol. The molecule has 2 aliphatic carbocycles. The third kappa shape index (κ3) is 3.13. The van der Waals surface area contributed by atoms with Crippen LogP contribution in [0.3, 0.4) is 0 Å². The second-order valence-corrected chi connectivity index (χ2v) is 6.81. The summed E-state index contributed by atoms with van der Waals surface area (Å²) in [6.45, 7) is 0.894. The van der Waals surface area contributed by atoms with Crippen LogP contribution in [0.25, 0.3) is 0 Å². The van der Waals surface area contributed by atoms with Crippen LogP contribution in [-0.2, 0) is 6.54 Å². The lowest BCUT2D eigenvalue weighted by atomic mass is 9.69. The first-order chi connectivity index (χ1) is 10.2. The van der Waals surface area contributed by atoms with Gasteiger partial charge in [-0.3, -0.25) is 4.79 Å². The fourth-order valence-electron chi connectivity index (χ4n) is 4.33. The maximum atomic E-state index is 11.1. The third-order valence-corrected chi connectivity index (χ3v) is 5.55. The molecule has 3 N–H and O–H groups in total. The van der Waals surface area contributed by atoms with Gasteiger partial charge in [-0.1, -0.05) is 37.8 Å². The van der Waals surface area contributed by atoms with Gasteiger partial charge in [0, 0.05) is 18.2 Å². The lowest BCUT2D eigenvalue weighted by Gasteiger charge is -2.42. The van der Waals surface area contributed by atoms with Crippen LogP contribution < -0.4 is 11.1 Å². The van der Waals surface area contributed by atoms with Crippen LogP contribution in [0.5, 0.6) is 0 Å². The van der Waals surface area contributed by atoms with Crippen molar-refractivity contribution < 1.29 is 4.79 Å². The standard InChI is InChI=1S/C18H26N2O/c19-17(21)15-8-6-14(7-9-15)13-20-16-5-1-2-10-18(16)11-3-4-12-18/h6-9,16,20H,1-5,10-13H2,(H2,19,21). The largest absolute Gasteiger partial charge is 0.366 e. The number of nitrogens with one attached hydrogen (secondary N) is 1. The lowest BCUT2D eigenvalue weighted by molar-refractivity contribution is 0.100. The number of primary amides is 1. The molecule has 2 saturated carbocycles. The zero-order valence-corrected chi connectivity index (χ0v) is 12.7. The van der Waals surface area contributed by atoms with Crippen molar-refractivity contribution in [1.29, 1.82) is 0 Å². The minimum Gasteiger partial charge on any atom is -0.366 e. The Labute approximate surface area is 127 Å². The summed E-state index contributed by atoms with van der Waals surface area (Å²) in [5.41, 5.74) is 7.68. The molecule has 2 aliphatic rings. The highest BCUT2D eigenvalue weighted by Gasteiger charge is 2.42. The van der Waals surface area contributed by atoms with E-state index in [4.69, 9.17) is 5.73 Å². The van der Waals surface area contributed by atoms with Crippen LogP contribution in [-0.4, -0.2) is 11.9 Å². The molecule has 3 rings (SSSR count). The van der Waals surface area contributed by atoms with E-state index in [2.05, 4.69) is 5.32 Å². The SMILES string of the molecule is NC(=O)c1ccc(CNC2CCCCC23CCCC3)cc1. The van der Waals surface area contributed by atoms with Crippen molar-refractivity contribution in [3.63, 3.8) is 0 Å². The molecule has 2 fully saturated rings. The van der Waals surface area contributed by atoms with E-state index in [1.54, 1.807) is 0 Å². The summed E-state index contributed by atoms with van der Waals surface area (Å²) in [4.78, 5) is 11.1. The number of benzene rings is 1. The Morgan fingerprint density at radius 1 is 1.10 bits per heavy atom. The Morgan fingerprint density at radius 3 is 2.33 bits per heavy atom. The number of hydrogen-bond acceptors (Lipinski definition) is 2. The zero-order valence-electron chi connectivity index (χ0n) is 12.7. The molecule has 114 valence electrons. The molecular weight excluding hydrogens is 260 g/mol. The Balaban J connectivity index is 1.62. The van der Waals surface area contributed by atoms with Gasteiger partial charge in [-0.05, 0) is 48.8 Å². The third-order valence-electron chi connectivity index (χ3n) is 5.55. The van der Waals surface area contributed by atoms with Gasteiger partial charge < -0.3 is 11.1 Å². The fourth-order valence-corrected chi connectivity index (χ4v) is 4.33. The number of rotatable bonds is 4. The van der Waals surface area contributed by atoms with Crippen molar-refractivity contribution in [1.82, 2.24) is 5.32 Å². The van der Waals surface area contributed by atoms with Gasteiger partial charge in [-0.15, -0.1) is 0 Å². The first-order valence-electron chi connectivity index (χ1n) is 8.32. The summed E-state index contributed by atoms with van der Waals surface area (Å²) in [6, 6.07) is 8.34. The van der Waals surface area contributed by atoms with Gasteiger partial charge in [0.25, 0.3) is 0 Å². The van der Waals surface area contributed by atoms with Crippen molar-refractivity contribution in [3.8, 4) is 0 Å². The molecule has 0 aliphatic heterocycles. The van der Waals surface area contributed by atoms with Crippen LogP contribution in [0.4, 0.5) is 0 Å². The average Bonchev–Trinajstić information content (AvgIpc) is 2.96. The number of amides is 1. The summed E-state index contributed by atoms with van der Waals surface area (Å²) in [5, 5.41) is 3.80. The molecule has 1 spiro atoms. The summed E-state index contributed by atoms with van der Waals surface area (Å²) < 4.78 is 0. The lowest BCUT2D eigenvalue weighted by Crippen LogP contribution is -2.45. The Kier molecular flexibility index (Phi) is 4.29. The Morgan fingerprint density at radius 2 is 1.71 bits per heavy atom. The van der Waals surface area contributed by atoms with Crippen LogP contribution >= 0.6 is 0 Å². The summed E-state index contributed by atoms with van der Waals surface area (Å²) in [6.07, 6.45) is 11.1. The Bertz CT molecular complexity index is 488. The van der Waals surface area contributed by atoms with E-state index in [1.165, 1.54) is 56.9 Å². The van der Waals surface area contributed by atoms with E-state index < -0.39 is 0 Å². The van der Waals surface area contributed by atoms with Crippen molar-refractivity contribution in [2.75, 3.05) is 0 Å².